The van der Waals surface area contributed by atoms with E-state index in [0.717, 1.165) is 10.8 Å². The molecule has 0 bridgehead atoms. The molecule has 0 fully saturated rings. The van der Waals surface area contributed by atoms with Crippen LogP contribution < -0.4 is 5.43 Å². The summed E-state index contributed by atoms with van der Waals surface area (Å²) in [5, 5.41) is 15.2. The maximum Gasteiger partial charge on any atom is 0.271 e. The average Bonchev–Trinajstić information content (AvgIpc) is 2.55. The summed E-state index contributed by atoms with van der Waals surface area (Å²) in [5.74, 6) is -0.238. The van der Waals surface area contributed by atoms with Gasteiger partial charge in [0.1, 0.15) is 5.75 Å². The predicted octanol–water partition coefficient (Wildman–Crippen LogP) is 2.70. The number of phenolic OH excluding ortho intramolecular Hbond substituents is 1. The van der Waals surface area contributed by atoms with Gasteiger partial charge < -0.3 is 5.11 Å². The van der Waals surface area contributed by atoms with Gasteiger partial charge in [-0.2, -0.15) is 5.10 Å². The molecule has 3 aromatic rings. The molecule has 1 amide bonds. The molecule has 1 aromatic heterocycles. The predicted molar refractivity (Wildman–Crippen MR) is 84.9 cm³/mol. The smallest absolute Gasteiger partial charge is 0.271 e. The number of fused-ring (bicyclic) bond motifs is 1. The summed E-state index contributed by atoms with van der Waals surface area (Å²) in [4.78, 5) is 16.1. The van der Waals surface area contributed by atoms with E-state index in [1.807, 2.05) is 30.3 Å². The van der Waals surface area contributed by atoms with Crippen molar-refractivity contribution in [1.82, 2.24) is 10.4 Å². The number of benzene rings is 2. The molecule has 0 aliphatic rings. The number of rotatable bonds is 3. The lowest BCUT2D eigenvalue weighted by molar-refractivity contribution is 0.0955. The highest BCUT2D eigenvalue weighted by Crippen LogP contribution is 2.12. The lowest BCUT2D eigenvalue weighted by atomic mass is 10.1. The van der Waals surface area contributed by atoms with Gasteiger partial charge in [-0.1, -0.05) is 24.3 Å². The van der Waals surface area contributed by atoms with Crippen molar-refractivity contribution in [2.45, 2.75) is 0 Å². The van der Waals surface area contributed by atoms with E-state index in [-0.39, 0.29) is 11.7 Å². The van der Waals surface area contributed by atoms with Crippen LogP contribution in [0.25, 0.3) is 10.8 Å². The number of carbonyl (C=O) groups excluding carboxylic acids is 1. The molecule has 2 aromatic carbocycles. The minimum atomic E-state index is -0.350. The molecular weight excluding hydrogens is 278 g/mol. The summed E-state index contributed by atoms with van der Waals surface area (Å²) in [5.41, 5.74) is 3.50. The molecule has 0 atom stereocenters. The standard InChI is InChI=1S/C17H13N3O2/c21-16-7-5-12(6-8-16)17(22)20-19-11-15-9-13-3-1-2-4-14(13)10-18-15/h1-11,21H,(H,20,22)/b19-11+. The summed E-state index contributed by atoms with van der Waals surface area (Å²) in [6.07, 6.45) is 3.25. The third-order valence-corrected chi connectivity index (χ3v) is 3.14. The molecule has 0 aliphatic heterocycles. The molecule has 0 saturated carbocycles. The zero-order valence-electron chi connectivity index (χ0n) is 11.6. The Morgan fingerprint density at radius 1 is 1.09 bits per heavy atom. The van der Waals surface area contributed by atoms with Crippen LogP contribution in [0.15, 0.2) is 65.9 Å². The topological polar surface area (TPSA) is 74.6 Å². The van der Waals surface area contributed by atoms with E-state index in [9.17, 15) is 9.90 Å². The number of aromatic hydroxyl groups is 1. The molecule has 0 unspecified atom stereocenters. The first kappa shape index (κ1) is 13.8. The number of hydrazone groups is 1. The van der Waals surface area contributed by atoms with Crippen molar-refractivity contribution in [2.24, 2.45) is 5.10 Å². The molecule has 0 spiro atoms. The van der Waals surface area contributed by atoms with Crippen molar-refractivity contribution >= 4 is 22.9 Å². The Labute approximate surface area is 126 Å². The lowest BCUT2D eigenvalue weighted by Gasteiger charge is -2.00. The van der Waals surface area contributed by atoms with Gasteiger partial charge in [-0.25, -0.2) is 5.43 Å². The number of nitrogens with one attached hydrogen (secondary N) is 1. The van der Waals surface area contributed by atoms with Crippen LogP contribution in [0.1, 0.15) is 16.1 Å². The molecule has 2 N–H and O–H groups in total. The first-order valence-electron chi connectivity index (χ1n) is 6.69. The van der Waals surface area contributed by atoms with E-state index in [4.69, 9.17) is 0 Å². The highest BCUT2D eigenvalue weighted by atomic mass is 16.3. The Kier molecular flexibility index (Phi) is 3.78. The second-order valence-electron chi connectivity index (χ2n) is 4.70. The Hall–Kier alpha value is -3.21. The molecule has 3 rings (SSSR count). The van der Waals surface area contributed by atoms with Crippen LogP contribution in [0.5, 0.6) is 5.75 Å². The Morgan fingerprint density at radius 2 is 1.82 bits per heavy atom. The Bertz CT molecular complexity index is 842. The molecule has 5 nitrogen and oxygen atoms in total. The van der Waals surface area contributed by atoms with E-state index in [2.05, 4.69) is 15.5 Å². The number of phenols is 1. The van der Waals surface area contributed by atoms with Crippen molar-refractivity contribution in [3.8, 4) is 5.75 Å². The average molecular weight is 291 g/mol. The van der Waals surface area contributed by atoms with Gasteiger partial charge in [0.25, 0.3) is 5.91 Å². The summed E-state index contributed by atoms with van der Waals surface area (Å²) < 4.78 is 0. The number of hydrogen-bond donors (Lipinski definition) is 2. The first-order valence-corrected chi connectivity index (χ1v) is 6.69. The van der Waals surface area contributed by atoms with Crippen molar-refractivity contribution in [3.05, 3.63) is 72.1 Å². The van der Waals surface area contributed by atoms with Gasteiger partial charge in [0.15, 0.2) is 0 Å². The van der Waals surface area contributed by atoms with Crippen LogP contribution in [0.2, 0.25) is 0 Å². The third kappa shape index (κ3) is 3.09. The third-order valence-electron chi connectivity index (χ3n) is 3.14. The number of nitrogens with zero attached hydrogens (tertiary/aromatic N) is 2. The number of aromatic nitrogens is 1. The Morgan fingerprint density at radius 3 is 2.59 bits per heavy atom. The number of carbonyl (C=O) groups is 1. The van der Waals surface area contributed by atoms with E-state index in [1.165, 1.54) is 30.5 Å². The fourth-order valence-corrected chi connectivity index (χ4v) is 2.01. The maximum absolute atomic E-state index is 11.8. The normalized spacial score (nSPS) is 10.9. The summed E-state index contributed by atoms with van der Waals surface area (Å²) in [6.45, 7) is 0. The molecule has 0 radical (unpaired) electrons. The summed E-state index contributed by atoms with van der Waals surface area (Å²) >= 11 is 0. The molecule has 0 aliphatic carbocycles. The molecule has 108 valence electrons. The maximum atomic E-state index is 11.8. The minimum Gasteiger partial charge on any atom is -0.508 e. The monoisotopic (exact) mass is 291 g/mol. The van der Waals surface area contributed by atoms with Gasteiger partial charge in [0.2, 0.25) is 0 Å². The van der Waals surface area contributed by atoms with Crippen molar-refractivity contribution in [2.75, 3.05) is 0 Å². The second kappa shape index (κ2) is 6.05. The molecule has 22 heavy (non-hydrogen) atoms. The van der Waals surface area contributed by atoms with E-state index in [1.54, 1.807) is 6.20 Å². The zero-order valence-corrected chi connectivity index (χ0v) is 11.6. The molecule has 5 heteroatoms. The van der Waals surface area contributed by atoms with E-state index < -0.39 is 0 Å². The van der Waals surface area contributed by atoms with Crippen LogP contribution in [0.4, 0.5) is 0 Å². The van der Waals surface area contributed by atoms with E-state index in [0.29, 0.717) is 11.3 Å². The Balaban J connectivity index is 1.70. The molecular formula is C17H13N3O2. The van der Waals surface area contributed by atoms with Crippen molar-refractivity contribution in [3.63, 3.8) is 0 Å². The fraction of sp³-hybridized carbons (Fsp3) is 0. The van der Waals surface area contributed by atoms with Crippen LogP contribution in [0.3, 0.4) is 0 Å². The molecule has 1 heterocycles. The van der Waals surface area contributed by atoms with Gasteiger partial charge in [0, 0.05) is 17.1 Å². The quantitative estimate of drug-likeness (QED) is 0.575. The van der Waals surface area contributed by atoms with Gasteiger partial charge in [-0.3, -0.25) is 9.78 Å². The first-order chi connectivity index (χ1) is 10.7. The fourth-order valence-electron chi connectivity index (χ4n) is 2.01. The number of amides is 1. The van der Waals surface area contributed by atoms with Crippen molar-refractivity contribution in [1.29, 1.82) is 0 Å². The SMILES string of the molecule is O=C(N/N=C/c1cc2ccccc2cn1)c1ccc(O)cc1. The van der Waals surface area contributed by atoms with Gasteiger partial charge >= 0.3 is 0 Å². The summed E-state index contributed by atoms with van der Waals surface area (Å²) in [6, 6.07) is 15.7. The van der Waals surface area contributed by atoms with Crippen LogP contribution in [0, 0.1) is 0 Å². The number of hydrogen-bond acceptors (Lipinski definition) is 4. The van der Waals surface area contributed by atoms with Crippen LogP contribution in [-0.2, 0) is 0 Å². The van der Waals surface area contributed by atoms with Gasteiger partial charge in [-0.15, -0.1) is 0 Å². The molecule has 0 saturated heterocycles. The van der Waals surface area contributed by atoms with Crippen LogP contribution in [-0.4, -0.2) is 22.2 Å². The largest absolute Gasteiger partial charge is 0.508 e. The highest BCUT2D eigenvalue weighted by Gasteiger charge is 2.03. The van der Waals surface area contributed by atoms with Crippen molar-refractivity contribution < 1.29 is 9.90 Å². The lowest BCUT2D eigenvalue weighted by Crippen LogP contribution is -2.17. The minimum absolute atomic E-state index is 0.111. The van der Waals surface area contributed by atoms with Gasteiger partial charge in [0.05, 0.1) is 11.9 Å². The van der Waals surface area contributed by atoms with E-state index >= 15 is 0 Å². The summed E-state index contributed by atoms with van der Waals surface area (Å²) in [7, 11) is 0. The second-order valence-corrected chi connectivity index (χ2v) is 4.70. The highest BCUT2D eigenvalue weighted by molar-refractivity contribution is 5.95. The van der Waals surface area contributed by atoms with Crippen LogP contribution >= 0.6 is 0 Å². The zero-order chi connectivity index (χ0) is 15.4. The number of pyridine rings is 1. The van der Waals surface area contributed by atoms with Gasteiger partial charge in [-0.05, 0) is 35.7 Å².